The Bertz CT molecular complexity index is 1320. The molecule has 0 aromatic carbocycles. The molecule has 2 saturated heterocycles. The van der Waals surface area contributed by atoms with Crippen molar-refractivity contribution in [3.05, 3.63) is 11.1 Å². The fourth-order valence-corrected chi connectivity index (χ4v) is 11.9. The van der Waals surface area contributed by atoms with Gasteiger partial charge in [-0.05, 0) is 84.5 Å². The van der Waals surface area contributed by atoms with Gasteiger partial charge in [0.2, 0.25) is 0 Å². The molecule has 3 saturated carbocycles. The van der Waals surface area contributed by atoms with Crippen molar-refractivity contribution in [1.29, 1.82) is 0 Å². The van der Waals surface area contributed by atoms with Gasteiger partial charge < -0.3 is 69.3 Å². The van der Waals surface area contributed by atoms with E-state index >= 15 is 0 Å². The Balaban J connectivity index is 1.30. The topological polar surface area (TPSA) is 217 Å². The van der Waals surface area contributed by atoms with Gasteiger partial charge in [0.15, 0.2) is 12.6 Å². The van der Waals surface area contributed by atoms with Gasteiger partial charge in [-0.15, -0.1) is 0 Å². The molecule has 0 aromatic heterocycles. The number of hydrogen-bond acceptors (Lipinski definition) is 14. The van der Waals surface area contributed by atoms with Crippen LogP contribution in [0.5, 0.6) is 0 Å². The van der Waals surface area contributed by atoms with Crippen LogP contribution < -0.4 is 0 Å². The number of methoxy groups -OCH3 is 2. The molecule has 4 aliphatic carbocycles. The highest BCUT2D eigenvalue weighted by Crippen LogP contribution is 2.66. The van der Waals surface area contributed by atoms with Gasteiger partial charge in [-0.3, -0.25) is 0 Å². The lowest BCUT2D eigenvalue weighted by Gasteiger charge is -2.59. The van der Waals surface area contributed by atoms with Crippen molar-refractivity contribution >= 4 is 0 Å². The molecular weight excluding hydrogens is 716 g/mol. The van der Waals surface area contributed by atoms with Crippen LogP contribution in [-0.2, 0) is 28.4 Å². The second kappa shape index (κ2) is 17.4. The summed E-state index contributed by atoms with van der Waals surface area (Å²) in [6.07, 6.45) is -9.29. The normalized spacial score (nSPS) is 47.5. The van der Waals surface area contributed by atoms with E-state index in [4.69, 9.17) is 28.4 Å². The molecule has 6 rings (SSSR count). The van der Waals surface area contributed by atoms with Crippen molar-refractivity contribution in [3.8, 4) is 0 Å². The van der Waals surface area contributed by atoms with Crippen LogP contribution >= 0.6 is 0 Å². The molecule has 2 aliphatic heterocycles. The lowest BCUT2D eigenvalue weighted by atomic mass is 9.47. The van der Waals surface area contributed by atoms with Crippen LogP contribution in [0.15, 0.2) is 11.1 Å². The van der Waals surface area contributed by atoms with Crippen LogP contribution in [0.2, 0.25) is 0 Å². The Hall–Kier alpha value is -0.820. The molecule has 8 N–H and O–H groups in total. The fraction of sp³-hybridized carbons (Fsp3) is 0.951. The Morgan fingerprint density at radius 3 is 2.05 bits per heavy atom. The second-order valence-electron chi connectivity index (χ2n) is 18.7. The second-order valence-corrected chi connectivity index (χ2v) is 18.7. The molecular formula is C41H70O14. The zero-order valence-electron chi connectivity index (χ0n) is 33.8. The summed E-state index contributed by atoms with van der Waals surface area (Å²) in [4.78, 5) is 0. The number of aliphatic hydroxyl groups is 8. The van der Waals surface area contributed by atoms with Crippen LogP contribution in [0, 0.1) is 40.4 Å². The Morgan fingerprint density at radius 2 is 1.40 bits per heavy atom. The minimum atomic E-state index is -1.58. The Morgan fingerprint density at radius 1 is 0.764 bits per heavy atom. The molecule has 14 nitrogen and oxygen atoms in total. The first-order chi connectivity index (χ1) is 26.0. The first-order valence-electron chi connectivity index (χ1n) is 20.8. The third-order valence-corrected chi connectivity index (χ3v) is 14.7. The Labute approximate surface area is 326 Å². The average Bonchev–Trinajstić information content (AvgIpc) is 3.71. The van der Waals surface area contributed by atoms with Crippen molar-refractivity contribution in [2.24, 2.45) is 40.4 Å². The van der Waals surface area contributed by atoms with Gasteiger partial charge in [0, 0.05) is 14.2 Å². The van der Waals surface area contributed by atoms with Gasteiger partial charge in [0.1, 0.15) is 54.9 Å². The molecule has 5 fully saturated rings. The fourth-order valence-electron chi connectivity index (χ4n) is 11.9. The summed E-state index contributed by atoms with van der Waals surface area (Å²) in [5.74, 6) is 0.579. The van der Waals surface area contributed by atoms with Crippen molar-refractivity contribution in [2.45, 2.75) is 178 Å². The predicted octanol–water partition coefficient (Wildman–Crippen LogP) is 1.40. The molecule has 55 heavy (non-hydrogen) atoms. The van der Waals surface area contributed by atoms with Crippen molar-refractivity contribution in [1.82, 2.24) is 0 Å². The maximum absolute atomic E-state index is 11.9. The standard InChI is InChI=1S/C41H70O14/c1-19(2)9-8-10-20(3)29-27(16-23-28-22(12-14-41(23,29)5)40(4)13-11-21(42)15-24(40)30(45)31(28)46)52-39-34(49)37(36(54-39)26(44)18-51-7)55-38-33(48)32(47)35(53-38)25(43)17-50-6/h19-22,24-27,29-39,42-49H,8-18H2,1-7H3/t20-,21-,22+,24-,25-,26-,27-,29+,30+,31-,32-,33-,34-,35+,36+,37-,38+,39-,40-,41+/m1/s1. The van der Waals surface area contributed by atoms with Crippen molar-refractivity contribution in [3.63, 3.8) is 0 Å². The van der Waals surface area contributed by atoms with Gasteiger partial charge in [-0.25, -0.2) is 0 Å². The van der Waals surface area contributed by atoms with E-state index in [-0.39, 0.29) is 47.7 Å². The van der Waals surface area contributed by atoms with Gasteiger partial charge in [0.25, 0.3) is 0 Å². The van der Waals surface area contributed by atoms with Crippen LogP contribution in [0.3, 0.4) is 0 Å². The molecule has 6 aliphatic rings. The third kappa shape index (κ3) is 8.09. The predicted molar refractivity (Wildman–Crippen MR) is 198 cm³/mol. The van der Waals surface area contributed by atoms with Gasteiger partial charge in [0.05, 0.1) is 31.5 Å². The summed E-state index contributed by atoms with van der Waals surface area (Å²) in [6, 6.07) is 0. The Kier molecular flexibility index (Phi) is 13.9. The molecule has 0 spiro atoms. The van der Waals surface area contributed by atoms with Crippen molar-refractivity contribution in [2.75, 3.05) is 27.4 Å². The monoisotopic (exact) mass is 786 g/mol. The van der Waals surface area contributed by atoms with Crippen LogP contribution in [0.4, 0.5) is 0 Å². The molecule has 14 heteroatoms. The largest absolute Gasteiger partial charge is 0.393 e. The smallest absolute Gasteiger partial charge is 0.187 e. The van der Waals surface area contributed by atoms with Gasteiger partial charge >= 0.3 is 0 Å². The highest BCUT2D eigenvalue weighted by molar-refractivity contribution is 5.39. The molecule has 0 aromatic rings. The number of ether oxygens (including phenoxy) is 6. The zero-order chi connectivity index (χ0) is 40.1. The lowest BCUT2D eigenvalue weighted by molar-refractivity contribution is -0.226. The van der Waals surface area contributed by atoms with E-state index < -0.39 is 85.8 Å². The van der Waals surface area contributed by atoms with E-state index in [9.17, 15) is 40.9 Å². The highest BCUT2D eigenvalue weighted by Gasteiger charge is 2.63. The molecule has 0 amide bonds. The van der Waals surface area contributed by atoms with Gasteiger partial charge in [-0.1, -0.05) is 59.5 Å². The quantitative estimate of drug-likeness (QED) is 0.110. The average molecular weight is 787 g/mol. The summed E-state index contributed by atoms with van der Waals surface area (Å²) >= 11 is 0. The van der Waals surface area contributed by atoms with E-state index in [0.717, 1.165) is 49.7 Å². The maximum Gasteiger partial charge on any atom is 0.187 e. The van der Waals surface area contributed by atoms with Crippen LogP contribution in [-0.4, -0.2) is 154 Å². The first kappa shape index (κ1) is 43.8. The minimum absolute atomic E-state index is 0.0255. The molecule has 318 valence electrons. The van der Waals surface area contributed by atoms with E-state index in [1.165, 1.54) is 14.2 Å². The summed E-state index contributed by atoms with van der Waals surface area (Å²) in [7, 11) is 2.80. The van der Waals surface area contributed by atoms with E-state index in [0.29, 0.717) is 25.2 Å². The van der Waals surface area contributed by atoms with E-state index in [1.54, 1.807) is 0 Å². The van der Waals surface area contributed by atoms with Crippen LogP contribution in [0.25, 0.3) is 0 Å². The number of rotatable bonds is 15. The summed E-state index contributed by atoms with van der Waals surface area (Å²) in [6.45, 7) is 10.9. The molecule has 20 atom stereocenters. The maximum atomic E-state index is 11.9. The zero-order valence-corrected chi connectivity index (χ0v) is 33.8. The van der Waals surface area contributed by atoms with Crippen molar-refractivity contribution < 1.29 is 69.3 Å². The SMILES string of the molecule is COC[C@@H](O)[C@@H]1O[C@@H](O[C@@H]2[C@@H](O)[C@H](O[C@@H]3CC4=C5[C@@H](O)[C@@H](O)[C@H]6C[C@H](O)CC[C@]6(C)[C@H]5CC[C@]4(C)[C@H]3[C@H](C)CCCC(C)C)O[C@H]2[C@H](O)COC)[C@H](O)[C@H]1O. The number of fused-ring (bicyclic) bond motifs is 4. The molecule has 0 bridgehead atoms. The summed E-state index contributed by atoms with van der Waals surface area (Å²) < 4.78 is 35.2. The lowest BCUT2D eigenvalue weighted by Crippen LogP contribution is -2.58. The van der Waals surface area contributed by atoms with Gasteiger partial charge in [-0.2, -0.15) is 0 Å². The number of hydrogen-bond donors (Lipinski definition) is 8. The van der Waals surface area contributed by atoms with E-state index in [1.807, 2.05) is 0 Å². The molecule has 0 unspecified atom stereocenters. The molecule has 0 radical (unpaired) electrons. The summed E-state index contributed by atoms with van der Waals surface area (Å²) in [5, 5.41) is 89.2. The third-order valence-electron chi connectivity index (χ3n) is 14.7. The highest BCUT2D eigenvalue weighted by atomic mass is 16.8. The van der Waals surface area contributed by atoms with E-state index in [2.05, 4.69) is 34.6 Å². The summed E-state index contributed by atoms with van der Waals surface area (Å²) in [5.41, 5.74) is 1.40. The minimum Gasteiger partial charge on any atom is -0.393 e. The molecule has 2 heterocycles. The van der Waals surface area contributed by atoms with Crippen LogP contribution in [0.1, 0.15) is 92.4 Å². The number of aliphatic hydroxyl groups excluding tert-OH is 8. The first-order valence-corrected chi connectivity index (χ1v) is 20.8.